The van der Waals surface area contributed by atoms with Crippen molar-refractivity contribution in [2.75, 3.05) is 13.2 Å². The van der Waals surface area contributed by atoms with E-state index in [1.54, 1.807) is 17.1 Å². The molecule has 0 aliphatic carbocycles. The molecular weight excluding hydrogens is 392 g/mol. The normalized spacial score (nSPS) is 19.5. The lowest BCUT2D eigenvalue weighted by atomic mass is 9.81. The Morgan fingerprint density at radius 1 is 1.16 bits per heavy atom. The molecule has 1 fully saturated rings. The standard InChI is InChI=1S/C24H26N4O3/c1-16-11-18(5-8-25-16)17-3-4-22-19(12-17)20(13-24(31-22)6-9-30-10-7-24)27-23(29)21-14-28(2)15-26-21/h3-5,8,11-12,14-15,20H,6-7,9-10,13H2,1-2H3,(H,27,29). The van der Waals surface area contributed by atoms with Crippen LogP contribution in [-0.2, 0) is 11.8 Å². The van der Waals surface area contributed by atoms with Crippen molar-refractivity contribution < 1.29 is 14.3 Å². The minimum absolute atomic E-state index is 0.167. The van der Waals surface area contributed by atoms with Crippen LogP contribution in [0, 0.1) is 6.92 Å². The van der Waals surface area contributed by atoms with Gasteiger partial charge in [-0.25, -0.2) is 4.98 Å². The van der Waals surface area contributed by atoms with Crippen LogP contribution in [0.15, 0.2) is 49.1 Å². The van der Waals surface area contributed by atoms with Crippen LogP contribution in [0.25, 0.3) is 11.1 Å². The van der Waals surface area contributed by atoms with Crippen LogP contribution in [0.5, 0.6) is 5.75 Å². The van der Waals surface area contributed by atoms with Crippen molar-refractivity contribution in [3.63, 3.8) is 0 Å². The fourth-order valence-electron chi connectivity index (χ4n) is 4.52. The van der Waals surface area contributed by atoms with Crippen molar-refractivity contribution in [2.24, 2.45) is 7.05 Å². The Morgan fingerprint density at radius 2 is 1.97 bits per heavy atom. The molecule has 1 aromatic carbocycles. The number of hydrogen-bond donors (Lipinski definition) is 1. The molecule has 1 N–H and O–H groups in total. The number of ether oxygens (including phenoxy) is 2. The second-order valence-electron chi connectivity index (χ2n) is 8.49. The highest BCUT2D eigenvalue weighted by Gasteiger charge is 2.43. The van der Waals surface area contributed by atoms with Gasteiger partial charge in [0.2, 0.25) is 0 Å². The number of aromatic nitrogens is 3. The molecule has 1 unspecified atom stereocenters. The van der Waals surface area contributed by atoms with E-state index >= 15 is 0 Å². The second kappa shape index (κ2) is 7.81. The van der Waals surface area contributed by atoms with E-state index in [0.717, 1.165) is 41.0 Å². The lowest BCUT2D eigenvalue weighted by molar-refractivity contribution is -0.0639. The van der Waals surface area contributed by atoms with Gasteiger partial charge >= 0.3 is 0 Å². The third kappa shape index (κ3) is 3.93. The number of carbonyl (C=O) groups is 1. The highest BCUT2D eigenvalue weighted by atomic mass is 16.5. The number of rotatable bonds is 3. The first kappa shape index (κ1) is 19.8. The van der Waals surface area contributed by atoms with Gasteiger partial charge in [-0.15, -0.1) is 0 Å². The van der Waals surface area contributed by atoms with Crippen LogP contribution >= 0.6 is 0 Å². The molecule has 1 saturated heterocycles. The highest BCUT2D eigenvalue weighted by molar-refractivity contribution is 5.92. The number of pyridine rings is 1. The van der Waals surface area contributed by atoms with Crippen molar-refractivity contribution in [3.05, 3.63) is 66.0 Å². The fraction of sp³-hybridized carbons (Fsp3) is 0.375. The maximum atomic E-state index is 12.9. The number of nitrogens with one attached hydrogen (secondary N) is 1. The van der Waals surface area contributed by atoms with Crippen LogP contribution in [0.3, 0.4) is 0 Å². The summed E-state index contributed by atoms with van der Waals surface area (Å²) in [6.07, 6.45) is 7.52. The molecule has 1 amide bonds. The topological polar surface area (TPSA) is 78.3 Å². The number of fused-ring (bicyclic) bond motifs is 1. The zero-order chi connectivity index (χ0) is 21.4. The van der Waals surface area contributed by atoms with E-state index in [-0.39, 0.29) is 17.6 Å². The molecule has 2 aliphatic rings. The molecule has 3 aromatic rings. The van der Waals surface area contributed by atoms with Gasteiger partial charge in [-0.2, -0.15) is 0 Å². The van der Waals surface area contributed by atoms with E-state index in [2.05, 4.69) is 33.5 Å². The Bertz CT molecular complexity index is 1120. The third-order valence-corrected chi connectivity index (χ3v) is 6.16. The van der Waals surface area contributed by atoms with E-state index in [4.69, 9.17) is 9.47 Å². The fourth-order valence-corrected chi connectivity index (χ4v) is 4.52. The van der Waals surface area contributed by atoms with Gasteiger partial charge in [-0.05, 0) is 42.3 Å². The summed E-state index contributed by atoms with van der Waals surface area (Å²) in [7, 11) is 1.85. The van der Waals surface area contributed by atoms with Gasteiger partial charge in [0.15, 0.2) is 0 Å². The van der Waals surface area contributed by atoms with Crippen molar-refractivity contribution in [1.29, 1.82) is 0 Å². The average Bonchev–Trinajstić information content (AvgIpc) is 3.20. The summed E-state index contributed by atoms with van der Waals surface area (Å²) < 4.78 is 13.9. The van der Waals surface area contributed by atoms with Crippen LogP contribution in [0.1, 0.15) is 47.1 Å². The molecule has 2 aliphatic heterocycles. The van der Waals surface area contributed by atoms with Crippen LogP contribution in [-0.4, -0.2) is 39.3 Å². The smallest absolute Gasteiger partial charge is 0.271 e. The maximum absolute atomic E-state index is 12.9. The summed E-state index contributed by atoms with van der Waals surface area (Å²) in [5, 5.41) is 3.22. The van der Waals surface area contributed by atoms with Gasteiger partial charge in [0, 0.05) is 50.0 Å². The molecule has 0 saturated carbocycles. The van der Waals surface area contributed by atoms with E-state index in [1.807, 2.05) is 32.3 Å². The Balaban J connectivity index is 1.52. The molecule has 31 heavy (non-hydrogen) atoms. The van der Waals surface area contributed by atoms with Crippen molar-refractivity contribution in [1.82, 2.24) is 19.9 Å². The number of amides is 1. The first-order valence-electron chi connectivity index (χ1n) is 10.6. The zero-order valence-electron chi connectivity index (χ0n) is 17.8. The molecule has 7 nitrogen and oxygen atoms in total. The van der Waals surface area contributed by atoms with E-state index in [1.165, 1.54) is 0 Å². The molecule has 7 heteroatoms. The van der Waals surface area contributed by atoms with Crippen LogP contribution < -0.4 is 10.1 Å². The van der Waals surface area contributed by atoms with Gasteiger partial charge in [0.05, 0.1) is 25.6 Å². The number of carbonyl (C=O) groups excluding carboxylic acids is 1. The van der Waals surface area contributed by atoms with E-state index in [0.29, 0.717) is 25.3 Å². The highest BCUT2D eigenvalue weighted by Crippen LogP contribution is 2.45. The third-order valence-electron chi connectivity index (χ3n) is 6.16. The molecule has 0 bridgehead atoms. The number of imidazole rings is 1. The minimum atomic E-state index is -0.317. The molecule has 1 atom stereocenters. The number of aryl methyl sites for hydroxylation is 2. The lowest BCUT2D eigenvalue weighted by Gasteiger charge is -2.44. The van der Waals surface area contributed by atoms with Gasteiger partial charge < -0.3 is 19.4 Å². The summed E-state index contributed by atoms with van der Waals surface area (Å²) >= 11 is 0. The minimum Gasteiger partial charge on any atom is -0.487 e. The Labute approximate surface area is 181 Å². The average molecular weight is 418 g/mol. The van der Waals surface area contributed by atoms with Crippen LogP contribution in [0.4, 0.5) is 0 Å². The predicted molar refractivity (Wildman–Crippen MR) is 116 cm³/mol. The quantitative estimate of drug-likeness (QED) is 0.703. The summed E-state index contributed by atoms with van der Waals surface area (Å²) in [5.74, 6) is 0.653. The largest absolute Gasteiger partial charge is 0.487 e. The molecular formula is C24H26N4O3. The second-order valence-corrected chi connectivity index (χ2v) is 8.49. The maximum Gasteiger partial charge on any atom is 0.271 e. The summed E-state index contributed by atoms with van der Waals surface area (Å²) in [6, 6.07) is 10.1. The van der Waals surface area contributed by atoms with Gasteiger partial charge in [-0.1, -0.05) is 6.07 Å². The number of hydrogen-bond acceptors (Lipinski definition) is 5. The van der Waals surface area contributed by atoms with E-state index < -0.39 is 0 Å². The number of benzene rings is 1. The van der Waals surface area contributed by atoms with Crippen molar-refractivity contribution in [3.8, 4) is 16.9 Å². The van der Waals surface area contributed by atoms with E-state index in [9.17, 15) is 4.79 Å². The first-order valence-corrected chi connectivity index (χ1v) is 10.6. The van der Waals surface area contributed by atoms with Crippen molar-refractivity contribution in [2.45, 2.75) is 37.8 Å². The molecule has 2 aromatic heterocycles. The SMILES string of the molecule is Cc1cc(-c2ccc3c(c2)C(NC(=O)c2cn(C)cn2)CC2(CCOCC2)O3)ccn1. The molecule has 0 radical (unpaired) electrons. The Morgan fingerprint density at radius 3 is 2.71 bits per heavy atom. The lowest BCUT2D eigenvalue weighted by Crippen LogP contribution is -2.48. The first-order chi connectivity index (χ1) is 15.0. The Hall–Kier alpha value is -3.19. The summed E-state index contributed by atoms with van der Waals surface area (Å²) in [6.45, 7) is 3.32. The molecule has 5 rings (SSSR count). The summed E-state index contributed by atoms with van der Waals surface area (Å²) in [4.78, 5) is 21.5. The van der Waals surface area contributed by atoms with Gasteiger partial charge in [0.1, 0.15) is 17.0 Å². The predicted octanol–water partition coefficient (Wildman–Crippen LogP) is 3.59. The number of nitrogens with zero attached hydrogens (tertiary/aromatic N) is 3. The van der Waals surface area contributed by atoms with Gasteiger partial charge in [0.25, 0.3) is 5.91 Å². The zero-order valence-corrected chi connectivity index (χ0v) is 17.8. The van der Waals surface area contributed by atoms with Gasteiger partial charge in [-0.3, -0.25) is 9.78 Å². The van der Waals surface area contributed by atoms with Crippen molar-refractivity contribution >= 4 is 5.91 Å². The summed E-state index contributed by atoms with van der Waals surface area (Å²) in [5.41, 5.74) is 4.23. The molecule has 160 valence electrons. The monoisotopic (exact) mass is 418 g/mol. The Kier molecular flexibility index (Phi) is 4.98. The molecule has 1 spiro atoms. The van der Waals surface area contributed by atoms with Crippen LogP contribution in [0.2, 0.25) is 0 Å². The molecule has 4 heterocycles.